The molecule has 17 heavy (non-hydrogen) atoms. The Morgan fingerprint density at radius 1 is 1.59 bits per heavy atom. The van der Waals surface area contributed by atoms with E-state index in [9.17, 15) is 9.90 Å². The van der Waals surface area contributed by atoms with Gasteiger partial charge in [0, 0.05) is 23.6 Å². The number of azide groups is 1. The molecule has 0 spiro atoms. The smallest absolute Gasteiger partial charge is 0.251 e. The molecule has 0 radical (unpaired) electrons. The van der Waals surface area contributed by atoms with Crippen molar-refractivity contribution < 1.29 is 9.90 Å². The van der Waals surface area contributed by atoms with Gasteiger partial charge in [-0.05, 0) is 42.6 Å². The lowest BCUT2D eigenvalue weighted by Gasteiger charge is -2.07. The molecule has 0 saturated heterocycles. The Balaban J connectivity index is 2.49. The van der Waals surface area contributed by atoms with Crippen LogP contribution >= 0.6 is 0 Å². The van der Waals surface area contributed by atoms with Crippen molar-refractivity contribution in [1.29, 1.82) is 0 Å². The van der Waals surface area contributed by atoms with Crippen molar-refractivity contribution in [2.45, 2.75) is 13.3 Å². The van der Waals surface area contributed by atoms with Crippen molar-refractivity contribution >= 4 is 5.91 Å². The number of carbonyl (C=O) groups is 1. The second-order valence-corrected chi connectivity index (χ2v) is 3.56. The molecule has 2 N–H and O–H groups in total. The van der Waals surface area contributed by atoms with Crippen molar-refractivity contribution in [1.82, 2.24) is 5.32 Å². The van der Waals surface area contributed by atoms with Gasteiger partial charge in [-0.25, -0.2) is 0 Å². The van der Waals surface area contributed by atoms with Gasteiger partial charge >= 0.3 is 0 Å². The Kier molecular flexibility index (Phi) is 4.84. The molecule has 0 atom stereocenters. The molecular formula is C11H14N4O2. The number of carbonyl (C=O) groups excluding carboxylic acids is 1. The largest absolute Gasteiger partial charge is 0.508 e. The molecule has 0 aromatic heterocycles. The first kappa shape index (κ1) is 12.9. The van der Waals surface area contributed by atoms with Crippen molar-refractivity contribution in [3.8, 4) is 5.75 Å². The summed E-state index contributed by atoms with van der Waals surface area (Å²) in [6.45, 7) is 2.58. The molecule has 1 amide bonds. The summed E-state index contributed by atoms with van der Waals surface area (Å²) in [7, 11) is 0. The molecule has 0 heterocycles. The van der Waals surface area contributed by atoms with E-state index >= 15 is 0 Å². The Labute approximate surface area is 98.9 Å². The van der Waals surface area contributed by atoms with Crippen LogP contribution in [0.25, 0.3) is 10.4 Å². The number of phenols is 1. The monoisotopic (exact) mass is 234 g/mol. The maximum Gasteiger partial charge on any atom is 0.251 e. The fourth-order valence-electron chi connectivity index (χ4n) is 1.39. The van der Waals surface area contributed by atoms with Crippen molar-refractivity contribution in [2.75, 3.05) is 13.1 Å². The summed E-state index contributed by atoms with van der Waals surface area (Å²) in [4.78, 5) is 14.3. The topological polar surface area (TPSA) is 98.1 Å². The van der Waals surface area contributed by atoms with E-state index in [0.29, 0.717) is 25.1 Å². The van der Waals surface area contributed by atoms with Crippen LogP contribution in [-0.4, -0.2) is 24.1 Å². The second-order valence-electron chi connectivity index (χ2n) is 3.56. The SMILES string of the molecule is Cc1cc(O)ccc1C(=O)NCCCN=[N+]=[N-]. The Bertz CT molecular complexity index is 453. The fraction of sp³-hybridized carbons (Fsp3) is 0.364. The molecule has 0 unspecified atom stereocenters. The number of aryl methyl sites for hydroxylation is 1. The van der Waals surface area contributed by atoms with Crippen LogP contribution < -0.4 is 5.32 Å². The quantitative estimate of drug-likeness (QED) is 0.353. The van der Waals surface area contributed by atoms with Crippen molar-refractivity contribution in [3.63, 3.8) is 0 Å². The highest BCUT2D eigenvalue weighted by atomic mass is 16.3. The van der Waals surface area contributed by atoms with Gasteiger partial charge in [0.25, 0.3) is 5.91 Å². The van der Waals surface area contributed by atoms with Crippen LogP contribution in [0.5, 0.6) is 5.75 Å². The third kappa shape index (κ3) is 4.04. The van der Waals surface area contributed by atoms with Crippen LogP contribution in [0.2, 0.25) is 0 Å². The normalized spacial score (nSPS) is 9.47. The minimum atomic E-state index is -0.191. The first-order chi connectivity index (χ1) is 8.15. The molecular weight excluding hydrogens is 220 g/mol. The number of benzene rings is 1. The lowest BCUT2D eigenvalue weighted by atomic mass is 10.1. The molecule has 0 bridgehead atoms. The van der Waals surface area contributed by atoms with E-state index in [2.05, 4.69) is 15.3 Å². The summed E-state index contributed by atoms with van der Waals surface area (Å²) in [5.41, 5.74) is 9.32. The van der Waals surface area contributed by atoms with Crippen molar-refractivity contribution in [3.05, 3.63) is 39.8 Å². The van der Waals surface area contributed by atoms with Gasteiger partial charge in [0.05, 0.1) is 0 Å². The lowest BCUT2D eigenvalue weighted by Crippen LogP contribution is -2.25. The van der Waals surface area contributed by atoms with E-state index in [0.717, 1.165) is 5.56 Å². The van der Waals surface area contributed by atoms with Gasteiger partial charge in [-0.1, -0.05) is 5.11 Å². The highest BCUT2D eigenvalue weighted by molar-refractivity contribution is 5.95. The average Bonchev–Trinajstić information content (AvgIpc) is 2.28. The Morgan fingerprint density at radius 3 is 3.00 bits per heavy atom. The number of amides is 1. The van der Waals surface area contributed by atoms with Crippen molar-refractivity contribution in [2.24, 2.45) is 5.11 Å². The number of nitrogens with zero attached hydrogens (tertiary/aromatic N) is 3. The van der Waals surface area contributed by atoms with Crippen LogP contribution in [0.1, 0.15) is 22.3 Å². The summed E-state index contributed by atoms with van der Waals surface area (Å²) < 4.78 is 0. The molecule has 0 fully saturated rings. The fourth-order valence-corrected chi connectivity index (χ4v) is 1.39. The molecule has 1 aromatic rings. The number of phenolic OH excluding ortho intramolecular Hbond substituents is 1. The average molecular weight is 234 g/mol. The summed E-state index contributed by atoms with van der Waals surface area (Å²) >= 11 is 0. The minimum Gasteiger partial charge on any atom is -0.508 e. The highest BCUT2D eigenvalue weighted by Gasteiger charge is 2.08. The summed E-state index contributed by atoms with van der Waals surface area (Å²) in [5, 5.41) is 15.3. The van der Waals surface area contributed by atoms with Gasteiger partial charge in [0.1, 0.15) is 5.75 Å². The predicted molar refractivity (Wildman–Crippen MR) is 63.8 cm³/mol. The molecule has 0 aliphatic carbocycles. The molecule has 0 aliphatic rings. The van der Waals surface area contributed by atoms with Gasteiger partial charge in [-0.2, -0.15) is 0 Å². The van der Waals surface area contributed by atoms with Crippen LogP contribution in [0.3, 0.4) is 0 Å². The lowest BCUT2D eigenvalue weighted by molar-refractivity contribution is 0.0953. The molecule has 6 nitrogen and oxygen atoms in total. The first-order valence-electron chi connectivity index (χ1n) is 5.24. The third-order valence-electron chi connectivity index (χ3n) is 2.24. The van der Waals surface area contributed by atoms with E-state index in [1.54, 1.807) is 13.0 Å². The van der Waals surface area contributed by atoms with E-state index in [4.69, 9.17) is 5.53 Å². The van der Waals surface area contributed by atoms with Gasteiger partial charge in [0.15, 0.2) is 0 Å². The molecule has 1 aromatic carbocycles. The molecule has 1 rings (SSSR count). The molecule has 0 aliphatic heterocycles. The van der Waals surface area contributed by atoms with Gasteiger partial charge < -0.3 is 10.4 Å². The maximum absolute atomic E-state index is 11.7. The van der Waals surface area contributed by atoms with E-state index < -0.39 is 0 Å². The minimum absolute atomic E-state index is 0.141. The molecule has 0 saturated carbocycles. The van der Waals surface area contributed by atoms with Crippen LogP contribution in [0.4, 0.5) is 0 Å². The van der Waals surface area contributed by atoms with E-state index in [-0.39, 0.29) is 11.7 Å². The van der Waals surface area contributed by atoms with E-state index in [1.165, 1.54) is 12.1 Å². The van der Waals surface area contributed by atoms with Gasteiger partial charge in [-0.15, -0.1) is 0 Å². The zero-order valence-electron chi connectivity index (χ0n) is 9.55. The summed E-state index contributed by atoms with van der Waals surface area (Å²) in [6.07, 6.45) is 0.604. The van der Waals surface area contributed by atoms with Crippen LogP contribution in [0.15, 0.2) is 23.3 Å². The first-order valence-corrected chi connectivity index (χ1v) is 5.24. The number of aromatic hydroxyl groups is 1. The zero-order valence-corrected chi connectivity index (χ0v) is 9.55. The Morgan fingerprint density at radius 2 is 2.35 bits per heavy atom. The third-order valence-corrected chi connectivity index (χ3v) is 2.24. The zero-order chi connectivity index (χ0) is 12.7. The van der Waals surface area contributed by atoms with Gasteiger partial charge in [0.2, 0.25) is 0 Å². The van der Waals surface area contributed by atoms with Crippen LogP contribution in [-0.2, 0) is 0 Å². The maximum atomic E-state index is 11.7. The number of nitrogens with one attached hydrogen (secondary N) is 1. The van der Waals surface area contributed by atoms with E-state index in [1.807, 2.05) is 0 Å². The summed E-state index contributed by atoms with van der Waals surface area (Å²) in [5.74, 6) is -0.0501. The number of hydrogen-bond acceptors (Lipinski definition) is 3. The predicted octanol–water partition coefficient (Wildman–Crippen LogP) is 2.13. The highest BCUT2D eigenvalue weighted by Crippen LogP contribution is 2.15. The summed E-state index contributed by atoms with van der Waals surface area (Å²) in [6, 6.07) is 4.59. The number of rotatable bonds is 5. The van der Waals surface area contributed by atoms with Gasteiger partial charge in [-0.3, -0.25) is 4.79 Å². The van der Waals surface area contributed by atoms with Crippen LogP contribution in [0, 0.1) is 6.92 Å². The molecule has 90 valence electrons. The number of hydrogen-bond donors (Lipinski definition) is 2. The molecule has 6 heteroatoms. The standard InChI is InChI=1S/C11H14N4O2/c1-8-7-9(16)3-4-10(8)11(17)13-5-2-6-14-15-12/h3-4,7,16H,2,5-6H2,1H3,(H,13,17). The Hall–Kier alpha value is -2.20. The second kappa shape index (κ2) is 6.40.